The quantitative estimate of drug-likeness (QED) is 0.903. The Bertz CT molecular complexity index is 485. The third-order valence-electron chi connectivity index (χ3n) is 3.72. The van der Waals surface area contributed by atoms with Gasteiger partial charge in [-0.1, -0.05) is 12.1 Å². The monoisotopic (exact) mass is 278 g/mol. The van der Waals surface area contributed by atoms with Gasteiger partial charge < -0.3 is 15.0 Å². The number of ether oxygens (including phenoxy) is 1. The van der Waals surface area contributed by atoms with E-state index in [-0.39, 0.29) is 17.8 Å². The minimum atomic E-state index is -0.405. The third-order valence-corrected chi connectivity index (χ3v) is 3.72. The average molecular weight is 278 g/mol. The van der Waals surface area contributed by atoms with Gasteiger partial charge in [0.05, 0.1) is 6.61 Å². The summed E-state index contributed by atoms with van der Waals surface area (Å²) in [6.45, 7) is 2.37. The summed E-state index contributed by atoms with van der Waals surface area (Å²) in [5.41, 5.74) is 0.828. The molecule has 2 aliphatic rings. The molecule has 1 atom stereocenters. The Morgan fingerprint density at radius 2 is 2.30 bits per heavy atom. The first-order chi connectivity index (χ1) is 9.74. The van der Waals surface area contributed by atoms with Crippen molar-refractivity contribution in [1.29, 1.82) is 0 Å². The number of nitrogens with one attached hydrogen (secondary N) is 1. The fourth-order valence-corrected chi connectivity index (χ4v) is 2.51. The van der Waals surface area contributed by atoms with Gasteiger partial charge in [-0.05, 0) is 30.5 Å². The number of amides is 1. The molecule has 1 amide bonds. The first-order valence-corrected chi connectivity index (χ1v) is 7.11. The second-order valence-corrected chi connectivity index (χ2v) is 5.39. The van der Waals surface area contributed by atoms with Crippen LogP contribution >= 0.6 is 0 Å². The molecule has 1 aromatic carbocycles. The Balaban J connectivity index is 1.70. The summed E-state index contributed by atoms with van der Waals surface area (Å²) in [6, 6.07) is 6.73. The SMILES string of the molecule is O=C(C1CNCCO1)N(Cc1cccc(F)c1)C1CC1. The Hall–Kier alpha value is -1.46. The first kappa shape index (κ1) is 13.5. The fraction of sp³-hybridized carbons (Fsp3) is 0.533. The maximum absolute atomic E-state index is 13.3. The molecule has 1 aliphatic heterocycles. The molecule has 2 fully saturated rings. The van der Waals surface area contributed by atoms with E-state index >= 15 is 0 Å². The van der Waals surface area contributed by atoms with Crippen molar-refractivity contribution in [2.24, 2.45) is 0 Å². The third kappa shape index (κ3) is 3.16. The summed E-state index contributed by atoms with van der Waals surface area (Å²) in [5.74, 6) is -0.245. The second-order valence-electron chi connectivity index (χ2n) is 5.39. The van der Waals surface area contributed by atoms with Crippen LogP contribution in [0.1, 0.15) is 18.4 Å². The van der Waals surface area contributed by atoms with Crippen LogP contribution in [0.5, 0.6) is 0 Å². The van der Waals surface area contributed by atoms with Gasteiger partial charge in [0.25, 0.3) is 5.91 Å². The van der Waals surface area contributed by atoms with Crippen molar-refractivity contribution < 1.29 is 13.9 Å². The van der Waals surface area contributed by atoms with Crippen LogP contribution in [-0.4, -0.2) is 42.6 Å². The summed E-state index contributed by atoms with van der Waals surface area (Å²) in [7, 11) is 0. The van der Waals surface area contributed by atoms with Crippen molar-refractivity contribution in [2.45, 2.75) is 31.5 Å². The minimum absolute atomic E-state index is 0.0176. The lowest BCUT2D eigenvalue weighted by molar-refractivity contribution is -0.146. The average Bonchev–Trinajstić information content (AvgIpc) is 3.30. The van der Waals surface area contributed by atoms with E-state index < -0.39 is 6.10 Å². The highest BCUT2D eigenvalue weighted by molar-refractivity contribution is 5.82. The van der Waals surface area contributed by atoms with Gasteiger partial charge in [-0.3, -0.25) is 4.79 Å². The molecule has 0 radical (unpaired) electrons. The number of carbonyl (C=O) groups is 1. The van der Waals surface area contributed by atoms with Crippen molar-refractivity contribution in [3.8, 4) is 0 Å². The van der Waals surface area contributed by atoms with E-state index in [9.17, 15) is 9.18 Å². The molecule has 5 heteroatoms. The van der Waals surface area contributed by atoms with E-state index in [0.29, 0.717) is 19.7 Å². The van der Waals surface area contributed by atoms with Crippen molar-refractivity contribution in [1.82, 2.24) is 10.2 Å². The number of hydrogen-bond acceptors (Lipinski definition) is 3. The standard InChI is InChI=1S/C15H19FN2O2/c16-12-3-1-2-11(8-12)10-18(13-4-5-13)15(19)14-9-17-6-7-20-14/h1-3,8,13-14,17H,4-7,9-10H2. The molecule has 1 saturated heterocycles. The predicted octanol–water partition coefficient (Wildman–Crippen LogP) is 1.31. The Morgan fingerprint density at radius 3 is 2.95 bits per heavy atom. The van der Waals surface area contributed by atoms with Crippen LogP contribution in [0.3, 0.4) is 0 Å². The van der Waals surface area contributed by atoms with Gasteiger partial charge in [0.2, 0.25) is 0 Å². The van der Waals surface area contributed by atoms with Crippen molar-refractivity contribution >= 4 is 5.91 Å². The summed E-state index contributed by atoms with van der Waals surface area (Å²) >= 11 is 0. The van der Waals surface area contributed by atoms with Crippen molar-refractivity contribution in [3.63, 3.8) is 0 Å². The van der Waals surface area contributed by atoms with Gasteiger partial charge in [0.1, 0.15) is 11.9 Å². The number of rotatable bonds is 4. The lowest BCUT2D eigenvalue weighted by Crippen LogP contribution is -2.49. The molecule has 20 heavy (non-hydrogen) atoms. The number of morpholine rings is 1. The number of carbonyl (C=O) groups excluding carboxylic acids is 1. The number of hydrogen-bond donors (Lipinski definition) is 1. The molecule has 0 spiro atoms. The first-order valence-electron chi connectivity index (χ1n) is 7.11. The van der Waals surface area contributed by atoms with Gasteiger partial charge in [0.15, 0.2) is 0 Å². The van der Waals surface area contributed by atoms with Crippen LogP contribution in [0.2, 0.25) is 0 Å². The Labute approximate surface area is 117 Å². The summed E-state index contributed by atoms with van der Waals surface area (Å²) in [4.78, 5) is 14.4. The number of halogens is 1. The van der Waals surface area contributed by atoms with Crippen LogP contribution in [-0.2, 0) is 16.1 Å². The minimum Gasteiger partial charge on any atom is -0.366 e. The van der Waals surface area contributed by atoms with Gasteiger partial charge in [-0.25, -0.2) is 4.39 Å². The molecular formula is C15H19FN2O2. The summed E-state index contributed by atoms with van der Waals surface area (Å²) in [5, 5.41) is 3.17. The maximum Gasteiger partial charge on any atom is 0.253 e. The van der Waals surface area contributed by atoms with Gasteiger partial charge in [-0.2, -0.15) is 0 Å². The molecular weight excluding hydrogens is 259 g/mol. The topological polar surface area (TPSA) is 41.6 Å². The highest BCUT2D eigenvalue weighted by Crippen LogP contribution is 2.29. The Kier molecular flexibility index (Phi) is 3.98. The highest BCUT2D eigenvalue weighted by Gasteiger charge is 2.36. The van der Waals surface area contributed by atoms with E-state index in [0.717, 1.165) is 24.9 Å². The molecule has 108 valence electrons. The van der Waals surface area contributed by atoms with E-state index in [4.69, 9.17) is 4.74 Å². The van der Waals surface area contributed by atoms with E-state index in [1.54, 1.807) is 6.07 Å². The predicted molar refractivity (Wildman–Crippen MR) is 72.6 cm³/mol. The molecule has 0 aromatic heterocycles. The summed E-state index contributed by atoms with van der Waals surface area (Å²) < 4.78 is 18.8. The normalized spacial score (nSPS) is 22.6. The molecule has 1 heterocycles. The molecule has 1 N–H and O–H groups in total. The molecule has 1 aliphatic carbocycles. The zero-order chi connectivity index (χ0) is 13.9. The molecule has 1 unspecified atom stereocenters. The van der Waals surface area contributed by atoms with E-state index in [1.165, 1.54) is 12.1 Å². The van der Waals surface area contributed by atoms with Crippen molar-refractivity contribution in [3.05, 3.63) is 35.6 Å². The van der Waals surface area contributed by atoms with E-state index in [1.807, 2.05) is 11.0 Å². The smallest absolute Gasteiger partial charge is 0.253 e. The van der Waals surface area contributed by atoms with Gasteiger partial charge in [0, 0.05) is 25.7 Å². The molecule has 3 rings (SSSR count). The van der Waals surface area contributed by atoms with Crippen molar-refractivity contribution in [2.75, 3.05) is 19.7 Å². The van der Waals surface area contributed by atoms with Crippen LogP contribution in [0.15, 0.2) is 24.3 Å². The van der Waals surface area contributed by atoms with Crippen LogP contribution in [0, 0.1) is 5.82 Å². The zero-order valence-corrected chi connectivity index (χ0v) is 11.3. The molecule has 0 bridgehead atoms. The number of benzene rings is 1. The maximum atomic E-state index is 13.3. The fourth-order valence-electron chi connectivity index (χ4n) is 2.51. The lowest BCUT2D eigenvalue weighted by atomic mass is 10.2. The highest BCUT2D eigenvalue weighted by atomic mass is 19.1. The van der Waals surface area contributed by atoms with Gasteiger partial charge >= 0.3 is 0 Å². The number of nitrogens with zero attached hydrogens (tertiary/aromatic N) is 1. The molecule has 4 nitrogen and oxygen atoms in total. The summed E-state index contributed by atoms with van der Waals surface area (Å²) in [6.07, 6.45) is 1.65. The Morgan fingerprint density at radius 1 is 1.45 bits per heavy atom. The second kappa shape index (κ2) is 5.89. The molecule has 1 aromatic rings. The van der Waals surface area contributed by atoms with Crippen LogP contribution in [0.25, 0.3) is 0 Å². The van der Waals surface area contributed by atoms with Crippen LogP contribution < -0.4 is 5.32 Å². The largest absolute Gasteiger partial charge is 0.366 e. The lowest BCUT2D eigenvalue weighted by Gasteiger charge is -2.30. The molecule has 1 saturated carbocycles. The van der Waals surface area contributed by atoms with Gasteiger partial charge in [-0.15, -0.1) is 0 Å². The van der Waals surface area contributed by atoms with E-state index in [2.05, 4.69) is 5.32 Å². The van der Waals surface area contributed by atoms with Crippen LogP contribution in [0.4, 0.5) is 4.39 Å². The zero-order valence-electron chi connectivity index (χ0n) is 11.3.